The van der Waals surface area contributed by atoms with Crippen molar-refractivity contribution >= 4 is 55.4 Å². The van der Waals surface area contributed by atoms with Crippen molar-refractivity contribution in [3.8, 4) is 22.6 Å². The van der Waals surface area contributed by atoms with Gasteiger partial charge in [-0.3, -0.25) is 0 Å². The normalized spacial score (nSPS) is 12.5. The smallest absolute Gasteiger partial charge is 0.434 e. The molecular formula is C66H90O6. The molecule has 0 heterocycles. The molecular weight excluding hydrogens is 889 g/mol. The van der Waals surface area contributed by atoms with Crippen molar-refractivity contribution in [1.82, 2.24) is 0 Å². The van der Waals surface area contributed by atoms with E-state index >= 15 is 0 Å². The SMILES string of the molecule is CCCCCCCCCCOC(=O)Oc1c2ccccc2c(-c2c3ccccc3c(OC(=O)OCCCCCCCCCC)c3ccc(CC(CC)CCCC)cc23)c2cc(CC(CC)CCCC)ccc12. The summed E-state index contributed by atoms with van der Waals surface area (Å²) in [6.07, 6.45) is 28.6. The highest BCUT2D eigenvalue weighted by atomic mass is 16.7. The third-order valence-electron chi connectivity index (χ3n) is 15.3. The highest BCUT2D eigenvalue weighted by molar-refractivity contribution is 6.27. The molecule has 0 radical (unpaired) electrons. The first kappa shape index (κ1) is 56.2. The maximum absolute atomic E-state index is 13.8. The fourth-order valence-electron chi connectivity index (χ4n) is 10.9. The predicted molar refractivity (Wildman–Crippen MR) is 305 cm³/mol. The molecule has 390 valence electrons. The van der Waals surface area contributed by atoms with Crippen LogP contribution in [0.1, 0.15) is 207 Å². The number of carbonyl (C=O) groups is 2. The number of hydrogen-bond acceptors (Lipinski definition) is 6. The van der Waals surface area contributed by atoms with Crippen molar-refractivity contribution in [1.29, 1.82) is 0 Å². The van der Waals surface area contributed by atoms with Crippen LogP contribution in [0.15, 0.2) is 84.9 Å². The second kappa shape index (κ2) is 30.8. The highest BCUT2D eigenvalue weighted by Crippen LogP contribution is 2.50. The number of ether oxygens (including phenoxy) is 4. The van der Waals surface area contributed by atoms with Crippen molar-refractivity contribution in [2.75, 3.05) is 13.2 Å². The van der Waals surface area contributed by atoms with Gasteiger partial charge in [-0.2, -0.15) is 0 Å². The Morgan fingerprint density at radius 3 is 1.07 bits per heavy atom. The second-order valence-electron chi connectivity index (χ2n) is 20.9. The Bertz CT molecular complexity index is 2410. The number of carbonyl (C=O) groups excluding carboxylic acids is 2. The Kier molecular flexibility index (Phi) is 24.1. The van der Waals surface area contributed by atoms with Crippen LogP contribution >= 0.6 is 0 Å². The Hall–Kier alpha value is -5.10. The third kappa shape index (κ3) is 15.9. The minimum Gasteiger partial charge on any atom is -0.434 e. The van der Waals surface area contributed by atoms with E-state index in [0.717, 1.165) is 118 Å². The summed E-state index contributed by atoms with van der Waals surface area (Å²) in [4.78, 5) is 27.5. The van der Waals surface area contributed by atoms with Crippen LogP contribution in [0.5, 0.6) is 11.5 Å². The van der Waals surface area contributed by atoms with E-state index in [2.05, 4.69) is 114 Å². The lowest BCUT2D eigenvalue weighted by Gasteiger charge is -2.23. The summed E-state index contributed by atoms with van der Waals surface area (Å²) in [7, 11) is 0. The largest absolute Gasteiger partial charge is 0.513 e. The Morgan fingerprint density at radius 2 is 0.708 bits per heavy atom. The average Bonchev–Trinajstić information content (AvgIpc) is 3.40. The van der Waals surface area contributed by atoms with Gasteiger partial charge in [-0.15, -0.1) is 0 Å². The molecule has 0 saturated carbocycles. The van der Waals surface area contributed by atoms with Gasteiger partial charge in [0, 0.05) is 21.5 Å². The zero-order valence-corrected chi connectivity index (χ0v) is 45.5. The molecule has 0 N–H and O–H groups in total. The van der Waals surface area contributed by atoms with Crippen LogP contribution in [-0.2, 0) is 22.3 Å². The average molecular weight is 979 g/mol. The van der Waals surface area contributed by atoms with E-state index < -0.39 is 12.3 Å². The van der Waals surface area contributed by atoms with Crippen LogP contribution < -0.4 is 9.47 Å². The molecule has 72 heavy (non-hydrogen) atoms. The molecule has 0 aliphatic rings. The maximum Gasteiger partial charge on any atom is 0.513 e. The number of rotatable bonds is 33. The first-order valence-corrected chi connectivity index (χ1v) is 29.0. The quantitative estimate of drug-likeness (QED) is 0.0177. The number of fused-ring (bicyclic) bond motifs is 4. The topological polar surface area (TPSA) is 71.1 Å². The fraction of sp³-hybridized carbons (Fsp3) is 0.545. The highest BCUT2D eigenvalue weighted by Gasteiger charge is 2.26. The molecule has 0 aliphatic carbocycles. The number of hydrogen-bond donors (Lipinski definition) is 0. The van der Waals surface area contributed by atoms with E-state index in [1.165, 1.54) is 114 Å². The molecule has 2 unspecified atom stereocenters. The monoisotopic (exact) mass is 979 g/mol. The molecule has 0 aliphatic heterocycles. The molecule has 2 atom stereocenters. The molecule has 6 aromatic rings. The summed E-state index contributed by atoms with van der Waals surface area (Å²) >= 11 is 0. The minimum atomic E-state index is -0.670. The molecule has 6 rings (SSSR count). The predicted octanol–water partition coefficient (Wildman–Crippen LogP) is 20.8. The van der Waals surface area contributed by atoms with Crippen molar-refractivity contribution in [3.05, 3.63) is 96.1 Å². The van der Waals surface area contributed by atoms with Crippen LogP contribution in [0, 0.1) is 11.8 Å². The molecule has 6 aromatic carbocycles. The van der Waals surface area contributed by atoms with Crippen molar-refractivity contribution in [2.45, 2.75) is 208 Å². The summed E-state index contributed by atoms with van der Waals surface area (Å²) in [5, 5.41) is 7.42. The molecule has 0 saturated heterocycles. The maximum atomic E-state index is 13.8. The van der Waals surface area contributed by atoms with Gasteiger partial charge in [-0.1, -0.05) is 268 Å². The molecule has 0 aromatic heterocycles. The molecule has 6 nitrogen and oxygen atoms in total. The lowest BCUT2D eigenvalue weighted by molar-refractivity contribution is 0.0972. The fourth-order valence-corrected chi connectivity index (χ4v) is 10.9. The van der Waals surface area contributed by atoms with Crippen LogP contribution in [0.4, 0.5) is 9.59 Å². The van der Waals surface area contributed by atoms with Gasteiger partial charge in [0.05, 0.1) is 13.2 Å². The summed E-state index contributed by atoms with van der Waals surface area (Å²) < 4.78 is 24.4. The molecule has 0 spiro atoms. The first-order chi connectivity index (χ1) is 35.3. The summed E-state index contributed by atoms with van der Waals surface area (Å²) in [5.41, 5.74) is 4.67. The second-order valence-corrected chi connectivity index (χ2v) is 20.9. The lowest BCUT2D eigenvalue weighted by atomic mass is 9.83. The minimum absolute atomic E-state index is 0.334. The Labute approximate surface area is 434 Å². The van der Waals surface area contributed by atoms with Crippen LogP contribution in [0.25, 0.3) is 54.2 Å². The van der Waals surface area contributed by atoms with Gasteiger partial charge in [0.1, 0.15) is 11.5 Å². The van der Waals surface area contributed by atoms with E-state index in [0.29, 0.717) is 36.5 Å². The molecule has 0 amide bonds. The zero-order valence-electron chi connectivity index (χ0n) is 45.5. The van der Waals surface area contributed by atoms with E-state index in [1.807, 2.05) is 12.1 Å². The van der Waals surface area contributed by atoms with E-state index in [9.17, 15) is 9.59 Å². The van der Waals surface area contributed by atoms with Gasteiger partial charge in [-0.05, 0) is 81.3 Å². The van der Waals surface area contributed by atoms with Gasteiger partial charge in [-0.25, -0.2) is 9.59 Å². The van der Waals surface area contributed by atoms with E-state index in [-0.39, 0.29) is 0 Å². The standard InChI is InChI=1S/C66H90O6/c1-7-13-17-19-21-23-25-31-43-69-65(67)71-63-55-37-29-27-35-53(55)61(59-47-51(39-41-57(59)63)45-49(11-5)33-15-9-3)62-54-36-28-30-38-56(54)64(72-66(68)70-44-32-26-24-22-20-18-14-8-2)58-42-40-52(48-60(58)62)46-50(12-6)34-16-10-4/h27-30,35-42,47-50H,7-26,31-34,43-46H2,1-6H3. The summed E-state index contributed by atoms with van der Waals surface area (Å²) in [6, 6.07) is 30.2. The van der Waals surface area contributed by atoms with Crippen LogP contribution in [0.2, 0.25) is 0 Å². The van der Waals surface area contributed by atoms with Gasteiger partial charge in [0.25, 0.3) is 0 Å². The number of benzene rings is 6. The zero-order chi connectivity index (χ0) is 50.9. The van der Waals surface area contributed by atoms with E-state index in [4.69, 9.17) is 18.9 Å². The van der Waals surface area contributed by atoms with Gasteiger partial charge >= 0.3 is 12.3 Å². The number of unbranched alkanes of at least 4 members (excludes halogenated alkanes) is 16. The first-order valence-electron chi connectivity index (χ1n) is 29.0. The van der Waals surface area contributed by atoms with E-state index in [1.54, 1.807) is 0 Å². The van der Waals surface area contributed by atoms with Crippen LogP contribution in [0.3, 0.4) is 0 Å². The van der Waals surface area contributed by atoms with Gasteiger partial charge < -0.3 is 18.9 Å². The van der Waals surface area contributed by atoms with Crippen molar-refractivity contribution in [2.24, 2.45) is 11.8 Å². The molecule has 6 heteroatoms. The van der Waals surface area contributed by atoms with Crippen molar-refractivity contribution in [3.63, 3.8) is 0 Å². The van der Waals surface area contributed by atoms with Crippen LogP contribution in [-0.4, -0.2) is 25.5 Å². The summed E-state index contributed by atoms with van der Waals surface area (Å²) in [6.45, 7) is 14.3. The molecule has 0 fully saturated rings. The van der Waals surface area contributed by atoms with Gasteiger partial charge in [0.2, 0.25) is 0 Å². The third-order valence-corrected chi connectivity index (χ3v) is 15.3. The van der Waals surface area contributed by atoms with Crippen molar-refractivity contribution < 1.29 is 28.5 Å². The Balaban J connectivity index is 1.48. The lowest BCUT2D eigenvalue weighted by Crippen LogP contribution is -2.13. The summed E-state index contributed by atoms with van der Waals surface area (Å²) in [5.74, 6) is 2.15. The Morgan fingerprint density at radius 1 is 0.375 bits per heavy atom. The molecule has 0 bridgehead atoms. The van der Waals surface area contributed by atoms with Gasteiger partial charge in [0.15, 0.2) is 0 Å².